The van der Waals surface area contributed by atoms with Crippen LogP contribution in [0.25, 0.3) is 0 Å². The minimum absolute atomic E-state index is 0.255. The summed E-state index contributed by atoms with van der Waals surface area (Å²) < 4.78 is 5.42. The Morgan fingerprint density at radius 1 is 1.26 bits per heavy atom. The highest BCUT2D eigenvalue weighted by atomic mass is 16.5. The van der Waals surface area contributed by atoms with Gasteiger partial charge in [0.05, 0.1) is 12.1 Å². The number of methoxy groups -OCH3 is 1. The van der Waals surface area contributed by atoms with Gasteiger partial charge in [0.25, 0.3) is 0 Å². The van der Waals surface area contributed by atoms with Crippen LogP contribution < -0.4 is 15.5 Å². The van der Waals surface area contributed by atoms with Gasteiger partial charge in [0.15, 0.2) is 5.96 Å². The number of aliphatic imine (C=N–C) groups is 1. The maximum absolute atomic E-state index is 5.42. The number of para-hydroxylation sites is 1. The van der Waals surface area contributed by atoms with E-state index in [-0.39, 0.29) is 5.60 Å². The number of benzene rings is 1. The molecule has 0 aromatic heterocycles. The van der Waals surface area contributed by atoms with Gasteiger partial charge < -0.3 is 20.3 Å². The van der Waals surface area contributed by atoms with Crippen molar-refractivity contribution in [2.45, 2.75) is 39.3 Å². The van der Waals surface area contributed by atoms with E-state index in [4.69, 9.17) is 4.74 Å². The van der Waals surface area contributed by atoms with Gasteiger partial charge in [-0.1, -0.05) is 18.2 Å². The van der Waals surface area contributed by atoms with Gasteiger partial charge in [0, 0.05) is 39.0 Å². The predicted molar refractivity (Wildman–Crippen MR) is 99.4 cm³/mol. The van der Waals surface area contributed by atoms with Crippen molar-refractivity contribution in [1.29, 1.82) is 0 Å². The first-order chi connectivity index (χ1) is 10.9. The van der Waals surface area contributed by atoms with E-state index in [1.165, 1.54) is 5.69 Å². The second-order valence-corrected chi connectivity index (χ2v) is 6.34. The van der Waals surface area contributed by atoms with Gasteiger partial charge >= 0.3 is 0 Å². The Kier molecular flexibility index (Phi) is 7.89. The van der Waals surface area contributed by atoms with Crippen LogP contribution in [0.15, 0.2) is 35.3 Å². The van der Waals surface area contributed by atoms with Crippen molar-refractivity contribution >= 4 is 11.6 Å². The summed E-state index contributed by atoms with van der Waals surface area (Å²) in [5.41, 5.74) is 0.957. The zero-order chi connectivity index (χ0) is 17.3. The molecule has 23 heavy (non-hydrogen) atoms. The van der Waals surface area contributed by atoms with Crippen molar-refractivity contribution in [3.63, 3.8) is 0 Å². The molecule has 0 spiro atoms. The Bertz CT molecular complexity index is 473. The highest BCUT2D eigenvalue weighted by Crippen LogP contribution is 2.13. The number of anilines is 1. The molecule has 0 radical (unpaired) electrons. The van der Waals surface area contributed by atoms with E-state index in [0.717, 1.165) is 19.0 Å². The van der Waals surface area contributed by atoms with Crippen molar-refractivity contribution in [3.05, 3.63) is 30.3 Å². The predicted octanol–water partition coefficient (Wildman–Crippen LogP) is 2.49. The van der Waals surface area contributed by atoms with Gasteiger partial charge in [0.1, 0.15) is 0 Å². The zero-order valence-electron chi connectivity index (χ0n) is 15.4. The largest absolute Gasteiger partial charge is 0.377 e. The smallest absolute Gasteiger partial charge is 0.191 e. The van der Waals surface area contributed by atoms with E-state index < -0.39 is 0 Å². The first-order valence-corrected chi connectivity index (χ1v) is 8.25. The summed E-state index contributed by atoms with van der Waals surface area (Å²) in [6, 6.07) is 10.7. The van der Waals surface area contributed by atoms with Crippen molar-refractivity contribution < 1.29 is 4.74 Å². The van der Waals surface area contributed by atoms with Crippen molar-refractivity contribution in [1.82, 2.24) is 10.6 Å². The summed E-state index contributed by atoms with van der Waals surface area (Å²) >= 11 is 0. The highest BCUT2D eigenvalue weighted by molar-refractivity contribution is 5.79. The number of ether oxygens (including phenoxy) is 1. The first kappa shape index (κ1) is 19.3. The molecule has 1 atom stereocenters. The molecule has 0 bridgehead atoms. The molecule has 0 aliphatic carbocycles. The quantitative estimate of drug-likeness (QED) is 0.571. The number of nitrogens with one attached hydrogen (secondary N) is 2. The van der Waals surface area contributed by atoms with E-state index in [9.17, 15) is 0 Å². The number of likely N-dealkylation sites (N-methyl/N-ethyl adjacent to an activating group) is 1. The SMILES string of the molecule is CCNC(=NCC(C)(C)OC)NCC(C)N(C)c1ccccc1. The average molecular weight is 320 g/mol. The Morgan fingerprint density at radius 3 is 2.48 bits per heavy atom. The van der Waals surface area contributed by atoms with Gasteiger partial charge in [-0.25, -0.2) is 0 Å². The maximum atomic E-state index is 5.42. The number of hydrogen-bond donors (Lipinski definition) is 2. The second-order valence-electron chi connectivity index (χ2n) is 6.34. The fraction of sp³-hybridized carbons (Fsp3) is 0.611. The lowest BCUT2D eigenvalue weighted by molar-refractivity contribution is 0.0310. The summed E-state index contributed by atoms with van der Waals surface area (Å²) in [6.07, 6.45) is 0. The standard InChI is InChI=1S/C18H32N4O/c1-7-19-17(21-14-18(3,4)23-6)20-13-15(2)22(5)16-11-9-8-10-12-16/h8-12,15H,7,13-14H2,1-6H3,(H2,19,20,21). The van der Waals surface area contributed by atoms with Crippen LogP contribution in [0, 0.1) is 0 Å². The minimum Gasteiger partial charge on any atom is -0.377 e. The number of guanidine groups is 1. The molecule has 1 aromatic rings. The lowest BCUT2D eigenvalue weighted by Crippen LogP contribution is -2.45. The third kappa shape index (κ3) is 6.91. The summed E-state index contributed by atoms with van der Waals surface area (Å²) in [7, 11) is 3.83. The molecular formula is C18H32N4O. The molecule has 5 nitrogen and oxygen atoms in total. The molecule has 1 unspecified atom stereocenters. The van der Waals surface area contributed by atoms with Crippen LogP contribution in [0.1, 0.15) is 27.7 Å². The van der Waals surface area contributed by atoms with Crippen molar-refractivity contribution in [2.75, 3.05) is 38.7 Å². The summed E-state index contributed by atoms with van der Waals surface area (Å²) in [5.74, 6) is 0.825. The lowest BCUT2D eigenvalue weighted by Gasteiger charge is -2.28. The number of hydrogen-bond acceptors (Lipinski definition) is 3. The Balaban J connectivity index is 2.59. The fourth-order valence-corrected chi connectivity index (χ4v) is 1.97. The molecule has 0 aliphatic heterocycles. The lowest BCUT2D eigenvalue weighted by atomic mass is 10.1. The number of nitrogens with zero attached hydrogens (tertiary/aromatic N) is 2. The van der Waals surface area contributed by atoms with E-state index >= 15 is 0 Å². The van der Waals surface area contributed by atoms with Gasteiger partial charge in [-0.2, -0.15) is 0 Å². The van der Waals surface area contributed by atoms with Gasteiger partial charge in [0.2, 0.25) is 0 Å². The number of rotatable bonds is 8. The third-order valence-electron chi connectivity index (χ3n) is 3.90. The van der Waals surface area contributed by atoms with E-state index in [1.807, 2.05) is 19.9 Å². The average Bonchev–Trinajstić information content (AvgIpc) is 2.57. The molecule has 1 aromatic carbocycles. The molecule has 130 valence electrons. The molecule has 0 amide bonds. The highest BCUT2D eigenvalue weighted by Gasteiger charge is 2.16. The van der Waals surface area contributed by atoms with Crippen LogP contribution >= 0.6 is 0 Å². The molecule has 0 saturated carbocycles. The van der Waals surface area contributed by atoms with E-state index in [1.54, 1.807) is 7.11 Å². The van der Waals surface area contributed by atoms with Crippen LogP contribution in [0.3, 0.4) is 0 Å². The van der Waals surface area contributed by atoms with Gasteiger partial charge in [-0.05, 0) is 39.8 Å². The Labute approximate surface area is 141 Å². The Morgan fingerprint density at radius 2 is 1.91 bits per heavy atom. The molecule has 0 fully saturated rings. The molecular weight excluding hydrogens is 288 g/mol. The monoisotopic (exact) mass is 320 g/mol. The van der Waals surface area contributed by atoms with Gasteiger partial charge in [-0.3, -0.25) is 4.99 Å². The Hall–Kier alpha value is -1.75. The molecule has 0 heterocycles. The van der Waals surface area contributed by atoms with Gasteiger partial charge in [-0.15, -0.1) is 0 Å². The van der Waals surface area contributed by atoms with Crippen LogP contribution in [0.4, 0.5) is 5.69 Å². The zero-order valence-corrected chi connectivity index (χ0v) is 15.4. The summed E-state index contributed by atoms with van der Waals surface area (Å²) in [6.45, 7) is 10.6. The molecule has 0 aliphatic rings. The van der Waals surface area contributed by atoms with Crippen molar-refractivity contribution in [2.24, 2.45) is 4.99 Å². The third-order valence-corrected chi connectivity index (χ3v) is 3.90. The maximum Gasteiger partial charge on any atom is 0.191 e. The van der Waals surface area contributed by atoms with E-state index in [0.29, 0.717) is 12.6 Å². The van der Waals surface area contributed by atoms with Crippen LogP contribution in [-0.4, -0.2) is 51.4 Å². The summed E-state index contributed by atoms with van der Waals surface area (Å²) in [4.78, 5) is 6.87. The molecule has 2 N–H and O–H groups in total. The van der Waals surface area contributed by atoms with Crippen LogP contribution in [0.5, 0.6) is 0 Å². The molecule has 5 heteroatoms. The topological polar surface area (TPSA) is 48.9 Å². The normalized spacial score (nSPS) is 13.6. The first-order valence-electron chi connectivity index (χ1n) is 8.25. The molecule has 0 saturated heterocycles. The van der Waals surface area contributed by atoms with E-state index in [2.05, 4.69) is 65.7 Å². The molecule has 1 rings (SSSR count). The minimum atomic E-state index is -0.255. The second kappa shape index (κ2) is 9.40. The van der Waals surface area contributed by atoms with Crippen molar-refractivity contribution in [3.8, 4) is 0 Å². The van der Waals surface area contributed by atoms with Crippen LogP contribution in [-0.2, 0) is 4.74 Å². The van der Waals surface area contributed by atoms with Crippen LogP contribution in [0.2, 0.25) is 0 Å². The fourth-order valence-electron chi connectivity index (χ4n) is 1.97. The summed E-state index contributed by atoms with van der Waals surface area (Å²) in [5, 5.41) is 6.69.